The van der Waals surface area contributed by atoms with Crippen molar-refractivity contribution in [1.29, 1.82) is 0 Å². The largest absolute Gasteiger partial charge is 0.378 e. The van der Waals surface area contributed by atoms with Crippen molar-refractivity contribution in [3.05, 3.63) is 17.7 Å². The fraction of sp³-hybridized carbons (Fsp3) is 0.737. The van der Waals surface area contributed by atoms with Crippen molar-refractivity contribution in [3.8, 4) is 0 Å². The SMILES string of the molecule is CCC(=O)N1CCc2[nH]cnc2C12CCN(C(=O)CC1COCCN1)CC2.Cl.Cl. The molecule has 2 fully saturated rings. The number of rotatable bonds is 3. The molecule has 1 spiro atoms. The van der Waals surface area contributed by atoms with Gasteiger partial charge in [0.25, 0.3) is 0 Å². The summed E-state index contributed by atoms with van der Waals surface area (Å²) in [5, 5.41) is 3.35. The summed E-state index contributed by atoms with van der Waals surface area (Å²) >= 11 is 0. The number of aromatic amines is 1. The number of fused-ring (bicyclic) bond motifs is 2. The Kier molecular flexibility index (Phi) is 8.34. The molecule has 3 aliphatic heterocycles. The van der Waals surface area contributed by atoms with Crippen LogP contribution in [-0.4, -0.2) is 77.0 Å². The Balaban J connectivity index is 0.00000150. The van der Waals surface area contributed by atoms with Crippen LogP contribution < -0.4 is 5.32 Å². The standard InChI is InChI=1S/C19H29N5O3.2ClH/c1-2-16(25)24-7-3-15-18(22-13-21-15)19(24)4-8-23(9-5-19)17(26)11-14-12-27-10-6-20-14;;/h13-14,20H,2-12H2,1H3,(H,21,22);2*1H. The van der Waals surface area contributed by atoms with E-state index in [-0.39, 0.29) is 48.2 Å². The highest BCUT2D eigenvalue weighted by Gasteiger charge is 2.48. The molecular weight excluding hydrogens is 417 g/mol. The molecule has 164 valence electrons. The summed E-state index contributed by atoms with van der Waals surface area (Å²) in [6, 6.07) is 0.105. The molecule has 0 aromatic carbocycles. The van der Waals surface area contributed by atoms with Crippen molar-refractivity contribution in [2.24, 2.45) is 0 Å². The van der Waals surface area contributed by atoms with Gasteiger partial charge in [0.15, 0.2) is 0 Å². The molecule has 2 saturated heterocycles. The van der Waals surface area contributed by atoms with Gasteiger partial charge >= 0.3 is 0 Å². The topological polar surface area (TPSA) is 90.6 Å². The van der Waals surface area contributed by atoms with Gasteiger partial charge in [0, 0.05) is 57.2 Å². The average Bonchev–Trinajstić information content (AvgIpc) is 3.19. The molecule has 1 atom stereocenters. The summed E-state index contributed by atoms with van der Waals surface area (Å²) in [5.41, 5.74) is 1.77. The fourth-order valence-electron chi connectivity index (χ4n) is 4.76. The van der Waals surface area contributed by atoms with Crippen molar-refractivity contribution in [2.75, 3.05) is 39.4 Å². The molecule has 0 bridgehead atoms. The first-order valence-electron chi connectivity index (χ1n) is 10.1. The lowest BCUT2D eigenvalue weighted by molar-refractivity contribution is -0.144. The van der Waals surface area contributed by atoms with Crippen LogP contribution in [0.3, 0.4) is 0 Å². The van der Waals surface area contributed by atoms with Gasteiger partial charge in [0.2, 0.25) is 11.8 Å². The lowest BCUT2D eigenvalue weighted by Crippen LogP contribution is -2.59. The van der Waals surface area contributed by atoms with Gasteiger partial charge in [-0.25, -0.2) is 4.98 Å². The molecule has 8 nitrogen and oxygen atoms in total. The minimum atomic E-state index is -0.371. The Labute approximate surface area is 183 Å². The van der Waals surface area contributed by atoms with Crippen LogP contribution in [-0.2, 0) is 26.3 Å². The van der Waals surface area contributed by atoms with Crippen LogP contribution in [0.25, 0.3) is 0 Å². The van der Waals surface area contributed by atoms with E-state index >= 15 is 0 Å². The maximum absolute atomic E-state index is 12.7. The van der Waals surface area contributed by atoms with Crippen LogP contribution in [0, 0.1) is 0 Å². The number of imidazole rings is 1. The third-order valence-corrected chi connectivity index (χ3v) is 6.23. The number of carbonyl (C=O) groups is 2. The zero-order valence-electron chi connectivity index (χ0n) is 16.8. The highest BCUT2D eigenvalue weighted by Crippen LogP contribution is 2.42. The lowest BCUT2D eigenvalue weighted by Gasteiger charge is -2.50. The number of hydrogen-bond donors (Lipinski definition) is 2. The fourth-order valence-corrected chi connectivity index (χ4v) is 4.76. The summed E-state index contributed by atoms with van der Waals surface area (Å²) in [6.07, 6.45) is 5.01. The first-order valence-corrected chi connectivity index (χ1v) is 10.1. The number of ether oxygens (including phenoxy) is 1. The van der Waals surface area contributed by atoms with E-state index in [1.807, 2.05) is 16.7 Å². The van der Waals surface area contributed by atoms with E-state index in [0.717, 1.165) is 43.7 Å². The quantitative estimate of drug-likeness (QED) is 0.727. The Morgan fingerprint density at radius 1 is 1.24 bits per heavy atom. The maximum Gasteiger partial charge on any atom is 0.224 e. The van der Waals surface area contributed by atoms with Crippen molar-refractivity contribution in [1.82, 2.24) is 25.1 Å². The van der Waals surface area contributed by atoms with Crippen LogP contribution >= 0.6 is 24.8 Å². The number of morpholine rings is 1. The van der Waals surface area contributed by atoms with Crippen molar-refractivity contribution >= 4 is 36.6 Å². The number of nitrogens with zero attached hydrogens (tertiary/aromatic N) is 3. The highest BCUT2D eigenvalue weighted by atomic mass is 35.5. The number of halogens is 2. The van der Waals surface area contributed by atoms with E-state index < -0.39 is 0 Å². The molecule has 10 heteroatoms. The zero-order valence-corrected chi connectivity index (χ0v) is 18.4. The molecule has 29 heavy (non-hydrogen) atoms. The monoisotopic (exact) mass is 447 g/mol. The van der Waals surface area contributed by atoms with Gasteiger partial charge in [-0.05, 0) is 12.8 Å². The molecule has 1 unspecified atom stereocenters. The van der Waals surface area contributed by atoms with Crippen LogP contribution in [0.2, 0.25) is 0 Å². The van der Waals surface area contributed by atoms with Crippen LogP contribution in [0.15, 0.2) is 6.33 Å². The molecule has 0 radical (unpaired) electrons. The Morgan fingerprint density at radius 2 is 2.00 bits per heavy atom. The van der Waals surface area contributed by atoms with Crippen LogP contribution in [0.1, 0.15) is 44.0 Å². The normalized spacial score (nSPS) is 23.0. The van der Waals surface area contributed by atoms with Crippen molar-refractivity contribution in [3.63, 3.8) is 0 Å². The van der Waals surface area contributed by atoms with Crippen LogP contribution in [0.4, 0.5) is 0 Å². The van der Waals surface area contributed by atoms with Gasteiger partial charge in [-0.1, -0.05) is 6.92 Å². The van der Waals surface area contributed by atoms with E-state index in [0.29, 0.717) is 39.1 Å². The minimum Gasteiger partial charge on any atom is -0.378 e. The Hall–Kier alpha value is -1.35. The van der Waals surface area contributed by atoms with E-state index in [9.17, 15) is 9.59 Å². The highest BCUT2D eigenvalue weighted by molar-refractivity contribution is 5.85. The molecule has 4 rings (SSSR count). The number of amides is 2. The maximum atomic E-state index is 12.7. The number of aromatic nitrogens is 2. The first kappa shape index (κ1) is 23.9. The van der Waals surface area contributed by atoms with Crippen molar-refractivity contribution < 1.29 is 14.3 Å². The van der Waals surface area contributed by atoms with Gasteiger partial charge in [-0.2, -0.15) is 0 Å². The molecular formula is C19H31Cl2N5O3. The predicted molar refractivity (Wildman–Crippen MR) is 114 cm³/mol. The van der Waals surface area contributed by atoms with E-state index in [1.165, 1.54) is 0 Å². The third-order valence-electron chi connectivity index (χ3n) is 6.23. The smallest absolute Gasteiger partial charge is 0.224 e. The summed E-state index contributed by atoms with van der Waals surface area (Å²) in [7, 11) is 0. The Bertz CT molecular complexity index is 700. The Morgan fingerprint density at radius 3 is 2.66 bits per heavy atom. The first-order chi connectivity index (χ1) is 13.1. The number of nitrogens with one attached hydrogen (secondary N) is 2. The molecule has 4 heterocycles. The second-order valence-electron chi connectivity index (χ2n) is 7.72. The second-order valence-corrected chi connectivity index (χ2v) is 7.72. The van der Waals surface area contributed by atoms with Gasteiger partial charge in [0.1, 0.15) is 0 Å². The summed E-state index contributed by atoms with van der Waals surface area (Å²) in [6.45, 7) is 6.06. The summed E-state index contributed by atoms with van der Waals surface area (Å²) in [5.74, 6) is 0.339. The van der Waals surface area contributed by atoms with Gasteiger partial charge < -0.3 is 24.8 Å². The number of piperidine rings is 1. The predicted octanol–water partition coefficient (Wildman–Crippen LogP) is 1.24. The lowest BCUT2D eigenvalue weighted by atomic mass is 9.78. The second kappa shape index (κ2) is 10.1. The van der Waals surface area contributed by atoms with E-state index in [2.05, 4.69) is 15.3 Å². The van der Waals surface area contributed by atoms with Gasteiger partial charge in [-0.15, -0.1) is 24.8 Å². The van der Waals surface area contributed by atoms with Crippen molar-refractivity contribution in [2.45, 2.75) is 50.6 Å². The molecule has 1 aromatic heterocycles. The zero-order chi connectivity index (χ0) is 18.9. The molecule has 2 N–H and O–H groups in total. The number of likely N-dealkylation sites (tertiary alicyclic amines) is 1. The van der Waals surface area contributed by atoms with E-state index in [4.69, 9.17) is 4.74 Å². The molecule has 2 amide bonds. The van der Waals surface area contributed by atoms with Crippen LogP contribution in [0.5, 0.6) is 0 Å². The number of H-pyrrole nitrogens is 1. The summed E-state index contributed by atoms with van der Waals surface area (Å²) in [4.78, 5) is 37.2. The third kappa shape index (κ3) is 4.55. The average molecular weight is 448 g/mol. The van der Waals surface area contributed by atoms with Gasteiger partial charge in [0.05, 0.1) is 30.8 Å². The summed E-state index contributed by atoms with van der Waals surface area (Å²) < 4.78 is 5.45. The van der Waals surface area contributed by atoms with Gasteiger partial charge in [-0.3, -0.25) is 9.59 Å². The molecule has 3 aliphatic rings. The van der Waals surface area contributed by atoms with E-state index in [1.54, 1.807) is 6.33 Å². The number of hydrogen-bond acceptors (Lipinski definition) is 5. The molecule has 1 aromatic rings. The minimum absolute atomic E-state index is 0. The number of carbonyl (C=O) groups excluding carboxylic acids is 2. The molecule has 0 saturated carbocycles. The molecule has 0 aliphatic carbocycles.